The Balaban J connectivity index is 1.72. The van der Waals surface area contributed by atoms with Crippen LogP contribution in [0.3, 0.4) is 0 Å². The van der Waals surface area contributed by atoms with Crippen LogP contribution in [-0.2, 0) is 6.42 Å². The van der Waals surface area contributed by atoms with Crippen LogP contribution in [0.2, 0.25) is 0 Å². The van der Waals surface area contributed by atoms with Gasteiger partial charge in [0.2, 0.25) is 0 Å². The molecule has 1 amide bonds. The third-order valence-electron chi connectivity index (χ3n) is 3.88. The molecule has 0 saturated carbocycles. The van der Waals surface area contributed by atoms with Crippen molar-refractivity contribution in [1.29, 1.82) is 0 Å². The molecule has 0 aliphatic carbocycles. The Hall–Kier alpha value is -2.67. The zero-order valence-corrected chi connectivity index (χ0v) is 14.5. The molecule has 3 rings (SSSR count). The van der Waals surface area contributed by atoms with E-state index < -0.39 is 0 Å². The van der Waals surface area contributed by atoms with Crippen LogP contribution >= 0.6 is 12.2 Å². The summed E-state index contributed by atoms with van der Waals surface area (Å²) in [6.45, 7) is 1.93. The number of halogens is 1. The fourth-order valence-corrected chi connectivity index (χ4v) is 2.83. The maximum absolute atomic E-state index is 13.1. The lowest BCUT2D eigenvalue weighted by atomic mass is 10.1. The molecule has 1 unspecified atom stereocenters. The average Bonchev–Trinajstić information content (AvgIpc) is 3.23. The number of hydrogen-bond acceptors (Lipinski definition) is 3. The monoisotopic (exact) mass is 359 g/mol. The molecule has 0 aliphatic heterocycles. The lowest BCUT2D eigenvalue weighted by molar-refractivity contribution is 0.0931. The predicted molar refractivity (Wildman–Crippen MR) is 94.9 cm³/mol. The van der Waals surface area contributed by atoms with Crippen molar-refractivity contribution in [3.63, 3.8) is 0 Å². The highest BCUT2D eigenvalue weighted by Crippen LogP contribution is 2.14. The molecule has 2 aromatic heterocycles. The third-order valence-corrected chi connectivity index (χ3v) is 4.18. The first kappa shape index (κ1) is 17.2. The van der Waals surface area contributed by atoms with Gasteiger partial charge in [-0.25, -0.2) is 4.39 Å². The number of H-pyrrole nitrogens is 1. The van der Waals surface area contributed by atoms with Crippen molar-refractivity contribution in [3.05, 3.63) is 70.9 Å². The number of carbonyl (C=O) groups is 1. The molecule has 25 heavy (non-hydrogen) atoms. The molecule has 0 radical (unpaired) electrons. The number of nitrogens with zero attached hydrogens (tertiary/aromatic N) is 1. The number of amides is 1. The van der Waals surface area contributed by atoms with E-state index in [1.165, 1.54) is 12.1 Å². The van der Waals surface area contributed by atoms with E-state index in [-0.39, 0.29) is 17.8 Å². The van der Waals surface area contributed by atoms with Crippen LogP contribution < -0.4 is 5.32 Å². The van der Waals surface area contributed by atoms with Crippen LogP contribution in [0, 0.1) is 10.6 Å². The molecule has 0 saturated heterocycles. The van der Waals surface area contributed by atoms with Gasteiger partial charge < -0.3 is 14.7 Å². The summed E-state index contributed by atoms with van der Waals surface area (Å²) in [4.78, 5) is 15.5. The molecule has 5 nitrogen and oxygen atoms in total. The van der Waals surface area contributed by atoms with Gasteiger partial charge in [0.1, 0.15) is 17.3 Å². The van der Waals surface area contributed by atoms with E-state index in [1.807, 2.05) is 19.1 Å². The van der Waals surface area contributed by atoms with Gasteiger partial charge in [-0.1, -0.05) is 0 Å². The van der Waals surface area contributed by atoms with Crippen LogP contribution in [0.1, 0.15) is 29.6 Å². The largest absolute Gasteiger partial charge is 0.469 e. The number of imidazole rings is 1. The highest BCUT2D eigenvalue weighted by atomic mass is 32.1. The molecule has 2 N–H and O–H groups in total. The van der Waals surface area contributed by atoms with Gasteiger partial charge in [-0.3, -0.25) is 9.36 Å². The summed E-state index contributed by atoms with van der Waals surface area (Å²) in [5.74, 6) is 0.295. The molecule has 2 heterocycles. The van der Waals surface area contributed by atoms with E-state index in [9.17, 15) is 9.18 Å². The minimum absolute atomic E-state index is 0.0391. The Bertz CT molecular complexity index is 897. The number of hydrogen-bond donors (Lipinski definition) is 2. The van der Waals surface area contributed by atoms with Gasteiger partial charge in [-0.2, -0.15) is 0 Å². The van der Waals surface area contributed by atoms with E-state index in [0.29, 0.717) is 16.2 Å². The Kier molecular flexibility index (Phi) is 5.14. The molecule has 0 spiro atoms. The molecule has 1 atom stereocenters. The third kappa shape index (κ3) is 4.06. The average molecular weight is 359 g/mol. The molecular weight excluding hydrogens is 341 g/mol. The molecule has 130 valence electrons. The van der Waals surface area contributed by atoms with E-state index in [0.717, 1.165) is 18.6 Å². The number of nitrogens with one attached hydrogen (secondary N) is 2. The van der Waals surface area contributed by atoms with Crippen LogP contribution in [0.25, 0.3) is 5.69 Å². The van der Waals surface area contributed by atoms with Crippen molar-refractivity contribution in [2.24, 2.45) is 0 Å². The first-order valence-corrected chi connectivity index (χ1v) is 8.35. The Morgan fingerprint density at radius 2 is 2.12 bits per heavy atom. The van der Waals surface area contributed by atoms with Gasteiger partial charge in [0, 0.05) is 24.3 Å². The fourth-order valence-electron chi connectivity index (χ4n) is 2.57. The summed E-state index contributed by atoms with van der Waals surface area (Å²) in [6, 6.07) is 9.53. The van der Waals surface area contributed by atoms with Gasteiger partial charge in [0.25, 0.3) is 5.91 Å². The summed E-state index contributed by atoms with van der Waals surface area (Å²) < 4.78 is 20.4. The lowest BCUT2D eigenvalue weighted by Crippen LogP contribution is -2.34. The van der Waals surface area contributed by atoms with Crippen LogP contribution in [0.4, 0.5) is 4.39 Å². The van der Waals surface area contributed by atoms with Gasteiger partial charge in [-0.05, 0) is 62.0 Å². The number of furan rings is 1. The molecule has 7 heteroatoms. The summed E-state index contributed by atoms with van der Waals surface area (Å²) in [5, 5.41) is 2.95. The van der Waals surface area contributed by atoms with Crippen molar-refractivity contribution >= 4 is 18.1 Å². The maximum Gasteiger partial charge on any atom is 0.270 e. The summed E-state index contributed by atoms with van der Waals surface area (Å²) >= 11 is 5.25. The number of aromatic amines is 1. The number of carbonyl (C=O) groups excluding carboxylic acids is 1. The first-order valence-electron chi connectivity index (χ1n) is 7.94. The van der Waals surface area contributed by atoms with Gasteiger partial charge >= 0.3 is 0 Å². The van der Waals surface area contributed by atoms with E-state index in [4.69, 9.17) is 16.6 Å². The molecular formula is C18H18FN3O2S. The Labute approximate surface area is 149 Å². The summed E-state index contributed by atoms with van der Waals surface area (Å²) in [6.07, 6.45) is 4.68. The maximum atomic E-state index is 13.1. The minimum atomic E-state index is -0.344. The fraction of sp³-hybridized carbons (Fsp3) is 0.222. The van der Waals surface area contributed by atoms with E-state index >= 15 is 0 Å². The lowest BCUT2D eigenvalue weighted by Gasteiger charge is -2.14. The van der Waals surface area contributed by atoms with Crippen LogP contribution in [-0.4, -0.2) is 21.5 Å². The number of rotatable bonds is 6. The standard InChI is InChI=1S/C18H18FN3O2S/c1-12(4-9-15-3-2-10-24-15)21-17(23)16-11-20-18(25)22(16)14-7-5-13(19)6-8-14/h2-3,5-8,10-12H,4,9H2,1H3,(H,20,25)(H,21,23). The number of aryl methyl sites for hydroxylation is 1. The van der Waals surface area contributed by atoms with E-state index in [1.54, 1.807) is 29.2 Å². The normalized spacial score (nSPS) is 12.1. The molecule has 0 aliphatic rings. The molecule has 3 aromatic rings. The van der Waals surface area contributed by atoms with Gasteiger partial charge in [-0.15, -0.1) is 0 Å². The Morgan fingerprint density at radius 3 is 2.80 bits per heavy atom. The predicted octanol–water partition coefficient (Wildman–Crippen LogP) is 4.02. The second kappa shape index (κ2) is 7.48. The second-order valence-corrected chi connectivity index (χ2v) is 6.17. The van der Waals surface area contributed by atoms with Crippen molar-refractivity contribution in [1.82, 2.24) is 14.9 Å². The SMILES string of the molecule is CC(CCc1ccco1)NC(=O)c1c[nH]c(=S)n1-c1ccc(F)cc1. The minimum Gasteiger partial charge on any atom is -0.469 e. The van der Waals surface area contributed by atoms with Gasteiger partial charge in [0.05, 0.1) is 6.26 Å². The van der Waals surface area contributed by atoms with Crippen molar-refractivity contribution in [3.8, 4) is 5.69 Å². The topological polar surface area (TPSA) is 63.0 Å². The number of benzene rings is 1. The van der Waals surface area contributed by atoms with E-state index in [2.05, 4.69) is 10.3 Å². The Morgan fingerprint density at radius 1 is 1.36 bits per heavy atom. The van der Waals surface area contributed by atoms with Gasteiger partial charge in [0.15, 0.2) is 4.77 Å². The smallest absolute Gasteiger partial charge is 0.270 e. The van der Waals surface area contributed by atoms with Crippen molar-refractivity contribution in [2.45, 2.75) is 25.8 Å². The highest BCUT2D eigenvalue weighted by molar-refractivity contribution is 7.71. The van der Waals surface area contributed by atoms with Crippen LogP contribution in [0.5, 0.6) is 0 Å². The van der Waals surface area contributed by atoms with Crippen LogP contribution in [0.15, 0.2) is 53.3 Å². The quantitative estimate of drug-likeness (QED) is 0.654. The van der Waals surface area contributed by atoms with Crippen molar-refractivity contribution in [2.75, 3.05) is 0 Å². The highest BCUT2D eigenvalue weighted by Gasteiger charge is 2.16. The molecule has 1 aromatic carbocycles. The zero-order chi connectivity index (χ0) is 17.8. The zero-order valence-electron chi connectivity index (χ0n) is 13.7. The summed E-state index contributed by atoms with van der Waals surface area (Å²) in [5.41, 5.74) is 1.00. The first-order chi connectivity index (χ1) is 12.0. The molecule has 0 fully saturated rings. The molecule has 0 bridgehead atoms. The number of aromatic nitrogens is 2. The second-order valence-electron chi connectivity index (χ2n) is 5.78. The summed E-state index contributed by atoms with van der Waals surface area (Å²) in [7, 11) is 0. The van der Waals surface area contributed by atoms with Crippen molar-refractivity contribution < 1.29 is 13.6 Å².